The van der Waals surface area contributed by atoms with Gasteiger partial charge in [-0.2, -0.15) is 0 Å². The van der Waals surface area contributed by atoms with E-state index < -0.39 is 0 Å². The smallest absolute Gasteiger partial charge is 0.0919 e. The van der Waals surface area contributed by atoms with Crippen LogP contribution >= 0.6 is 0 Å². The van der Waals surface area contributed by atoms with Gasteiger partial charge in [0.2, 0.25) is 0 Å². The van der Waals surface area contributed by atoms with Crippen LogP contribution in [0.5, 0.6) is 0 Å². The molecule has 2 nitrogen and oxygen atoms in total. The summed E-state index contributed by atoms with van der Waals surface area (Å²) >= 11 is 0. The van der Waals surface area contributed by atoms with E-state index in [2.05, 4.69) is 24.8 Å². The quantitative estimate of drug-likeness (QED) is 0.863. The minimum Gasteiger partial charge on any atom is -0.387 e. The molecule has 0 heterocycles. The van der Waals surface area contributed by atoms with E-state index in [1.165, 1.54) is 31.2 Å². The highest BCUT2D eigenvalue weighted by molar-refractivity contribution is 5.27. The van der Waals surface area contributed by atoms with Crippen molar-refractivity contribution in [1.82, 2.24) is 4.90 Å². The van der Waals surface area contributed by atoms with Gasteiger partial charge in [0, 0.05) is 12.6 Å². The lowest BCUT2D eigenvalue weighted by molar-refractivity contribution is 0.0910. The van der Waals surface area contributed by atoms with Crippen molar-refractivity contribution in [2.75, 3.05) is 13.1 Å². The largest absolute Gasteiger partial charge is 0.387 e. The molecule has 100 valence electrons. The molecule has 1 N–H and O–H groups in total. The maximum absolute atomic E-state index is 10.4. The first-order valence-electron chi connectivity index (χ1n) is 7.20. The van der Waals surface area contributed by atoms with Crippen LogP contribution in [0.2, 0.25) is 0 Å². The summed E-state index contributed by atoms with van der Waals surface area (Å²) in [5.74, 6) is 0. The highest BCUT2D eigenvalue weighted by atomic mass is 16.3. The first-order valence-corrected chi connectivity index (χ1v) is 7.20. The molecule has 0 spiro atoms. The van der Waals surface area contributed by atoms with Gasteiger partial charge in [0.05, 0.1) is 6.10 Å². The first-order chi connectivity index (χ1) is 8.72. The normalized spacial score (nSPS) is 18.4. The molecule has 18 heavy (non-hydrogen) atoms. The Hall–Kier alpha value is -0.860. The van der Waals surface area contributed by atoms with Crippen LogP contribution in [0.1, 0.15) is 49.8 Å². The molecule has 1 aromatic carbocycles. The molecule has 0 saturated heterocycles. The van der Waals surface area contributed by atoms with Gasteiger partial charge < -0.3 is 5.11 Å². The monoisotopic (exact) mass is 247 g/mol. The van der Waals surface area contributed by atoms with Gasteiger partial charge in [-0.1, -0.05) is 44.0 Å². The zero-order valence-corrected chi connectivity index (χ0v) is 11.6. The molecule has 2 heteroatoms. The average Bonchev–Trinajstić information content (AvgIpc) is 2.90. The van der Waals surface area contributed by atoms with E-state index in [1.54, 1.807) is 0 Å². The lowest BCUT2D eigenvalue weighted by Gasteiger charge is -2.30. The summed E-state index contributed by atoms with van der Waals surface area (Å²) in [6.07, 6.45) is 4.94. The molecular weight excluding hydrogens is 222 g/mol. The van der Waals surface area contributed by atoms with Gasteiger partial charge in [-0.3, -0.25) is 4.90 Å². The summed E-state index contributed by atoms with van der Waals surface area (Å²) in [5.41, 5.74) is 2.27. The van der Waals surface area contributed by atoms with Gasteiger partial charge in [0.1, 0.15) is 0 Å². The number of benzene rings is 1. The zero-order chi connectivity index (χ0) is 13.0. The molecule has 1 fully saturated rings. The predicted octanol–water partition coefficient (Wildman–Crippen LogP) is 3.29. The summed E-state index contributed by atoms with van der Waals surface area (Å²) in [7, 11) is 0. The molecule has 1 atom stereocenters. The summed E-state index contributed by atoms with van der Waals surface area (Å²) in [6, 6.07) is 8.85. The van der Waals surface area contributed by atoms with Crippen LogP contribution in [0.25, 0.3) is 0 Å². The number of hydrogen-bond acceptors (Lipinski definition) is 2. The van der Waals surface area contributed by atoms with Gasteiger partial charge in [0.25, 0.3) is 0 Å². The third-order valence-electron chi connectivity index (χ3n) is 4.20. The minimum absolute atomic E-state index is 0.355. The average molecular weight is 247 g/mol. The molecule has 2 rings (SSSR count). The molecule has 0 radical (unpaired) electrons. The van der Waals surface area contributed by atoms with Crippen LogP contribution in [0.3, 0.4) is 0 Å². The molecule has 0 bridgehead atoms. The molecular formula is C16H25NO. The number of likely N-dealkylation sites (N-methyl/N-ethyl adjacent to an activating group) is 1. The van der Waals surface area contributed by atoms with Crippen molar-refractivity contribution in [2.45, 2.75) is 51.7 Å². The molecule has 1 aliphatic carbocycles. The van der Waals surface area contributed by atoms with Crippen LogP contribution in [-0.4, -0.2) is 29.1 Å². The number of nitrogens with zero attached hydrogens (tertiary/aromatic N) is 1. The third-order valence-corrected chi connectivity index (χ3v) is 4.20. The van der Waals surface area contributed by atoms with E-state index in [0.29, 0.717) is 6.04 Å². The maximum Gasteiger partial charge on any atom is 0.0919 e. The van der Waals surface area contributed by atoms with Gasteiger partial charge in [0.15, 0.2) is 0 Å². The van der Waals surface area contributed by atoms with Crippen LogP contribution in [0.15, 0.2) is 24.3 Å². The summed E-state index contributed by atoms with van der Waals surface area (Å²) in [4.78, 5) is 2.45. The van der Waals surface area contributed by atoms with Gasteiger partial charge in [-0.15, -0.1) is 0 Å². The fourth-order valence-corrected chi connectivity index (χ4v) is 3.09. The van der Waals surface area contributed by atoms with Crippen molar-refractivity contribution in [3.8, 4) is 0 Å². The summed E-state index contributed by atoms with van der Waals surface area (Å²) < 4.78 is 0. The molecule has 1 aromatic rings. The maximum atomic E-state index is 10.4. The SMILES string of the molecule is CCN(CC(O)c1ccccc1C)C1CCCC1. The number of aliphatic hydroxyl groups excluding tert-OH is 1. The van der Waals surface area contributed by atoms with Crippen molar-refractivity contribution >= 4 is 0 Å². The van der Waals surface area contributed by atoms with E-state index >= 15 is 0 Å². The Labute approximate surface area is 111 Å². The van der Waals surface area contributed by atoms with Crippen molar-refractivity contribution < 1.29 is 5.11 Å². The summed E-state index contributed by atoms with van der Waals surface area (Å²) in [5, 5.41) is 10.4. The lowest BCUT2D eigenvalue weighted by Crippen LogP contribution is -2.36. The first kappa shape index (κ1) is 13.6. The topological polar surface area (TPSA) is 23.5 Å². The molecule has 0 aliphatic heterocycles. The van der Waals surface area contributed by atoms with Crippen molar-refractivity contribution in [1.29, 1.82) is 0 Å². The summed E-state index contributed by atoms with van der Waals surface area (Å²) in [6.45, 7) is 6.08. The highest BCUT2D eigenvalue weighted by Crippen LogP contribution is 2.26. The lowest BCUT2D eigenvalue weighted by atomic mass is 10.0. The Morgan fingerprint density at radius 1 is 1.28 bits per heavy atom. The standard InChI is InChI=1S/C16H25NO/c1-3-17(14-9-5-6-10-14)12-16(18)15-11-7-4-8-13(15)2/h4,7-8,11,14,16,18H,3,5-6,9-10,12H2,1-2H3. The Kier molecular flexibility index (Phi) is 4.79. The van der Waals surface area contributed by atoms with Crippen LogP contribution in [0, 0.1) is 6.92 Å². The van der Waals surface area contributed by atoms with Crippen LogP contribution < -0.4 is 0 Å². The second-order valence-electron chi connectivity index (χ2n) is 5.40. The Bertz CT molecular complexity index is 371. The zero-order valence-electron chi connectivity index (χ0n) is 11.6. The van der Waals surface area contributed by atoms with Gasteiger partial charge in [-0.05, 0) is 37.4 Å². The molecule has 0 amide bonds. The second-order valence-corrected chi connectivity index (χ2v) is 5.40. The predicted molar refractivity (Wildman–Crippen MR) is 75.6 cm³/mol. The Morgan fingerprint density at radius 2 is 1.94 bits per heavy atom. The Morgan fingerprint density at radius 3 is 2.56 bits per heavy atom. The van der Waals surface area contributed by atoms with Crippen molar-refractivity contribution in [3.05, 3.63) is 35.4 Å². The van der Waals surface area contributed by atoms with Crippen LogP contribution in [0.4, 0.5) is 0 Å². The van der Waals surface area contributed by atoms with Crippen molar-refractivity contribution in [3.63, 3.8) is 0 Å². The third kappa shape index (κ3) is 3.12. The Balaban J connectivity index is 2.00. The van der Waals surface area contributed by atoms with Gasteiger partial charge in [-0.25, -0.2) is 0 Å². The van der Waals surface area contributed by atoms with Crippen LogP contribution in [-0.2, 0) is 0 Å². The number of aryl methyl sites for hydroxylation is 1. The van der Waals surface area contributed by atoms with Crippen molar-refractivity contribution in [2.24, 2.45) is 0 Å². The van der Waals surface area contributed by atoms with E-state index in [1.807, 2.05) is 18.2 Å². The molecule has 1 unspecified atom stereocenters. The molecule has 0 aromatic heterocycles. The highest BCUT2D eigenvalue weighted by Gasteiger charge is 2.23. The number of aliphatic hydroxyl groups is 1. The number of rotatable bonds is 5. The van der Waals surface area contributed by atoms with E-state index in [9.17, 15) is 5.11 Å². The minimum atomic E-state index is -0.355. The fraction of sp³-hybridized carbons (Fsp3) is 0.625. The fourth-order valence-electron chi connectivity index (χ4n) is 3.09. The van der Waals surface area contributed by atoms with Gasteiger partial charge >= 0.3 is 0 Å². The molecule has 1 aliphatic rings. The van der Waals surface area contributed by atoms with E-state index in [-0.39, 0.29) is 6.10 Å². The number of hydrogen-bond donors (Lipinski definition) is 1. The van der Waals surface area contributed by atoms with E-state index in [4.69, 9.17) is 0 Å². The van der Waals surface area contributed by atoms with E-state index in [0.717, 1.165) is 18.7 Å². The molecule has 1 saturated carbocycles. The second kappa shape index (κ2) is 6.35.